The van der Waals surface area contributed by atoms with Gasteiger partial charge in [-0.15, -0.1) is 0 Å². The second-order valence-electron chi connectivity index (χ2n) is 5.64. The Kier molecular flexibility index (Phi) is 5.56. The fourth-order valence-corrected chi connectivity index (χ4v) is 3.30. The Morgan fingerprint density at radius 1 is 0.750 bits per heavy atom. The number of rotatable bonds is 6. The molecule has 0 fully saturated rings. The first-order valence-corrected chi connectivity index (χ1v) is 8.56. The first-order valence-electron chi connectivity index (χ1n) is 8.18. The fraction of sp³-hybridized carbons (Fsp3) is 0.250. The van der Waals surface area contributed by atoms with E-state index in [4.69, 9.17) is 39.7 Å². The van der Waals surface area contributed by atoms with E-state index in [9.17, 15) is 4.79 Å². The SMILES string of the molecule is COc1ccc(-c2oc3c(OC)c(Cl)c(OC)c(OC)c3c(=O)c2OC)cc1. The van der Waals surface area contributed by atoms with Crippen LogP contribution in [0, 0.1) is 0 Å². The van der Waals surface area contributed by atoms with Crippen LogP contribution in [0.2, 0.25) is 5.02 Å². The van der Waals surface area contributed by atoms with Crippen LogP contribution in [0.25, 0.3) is 22.3 Å². The third kappa shape index (κ3) is 2.97. The summed E-state index contributed by atoms with van der Waals surface area (Å²) in [6.07, 6.45) is 0. The van der Waals surface area contributed by atoms with Crippen molar-refractivity contribution in [1.29, 1.82) is 0 Å². The molecule has 1 aromatic heterocycles. The molecule has 0 aliphatic rings. The summed E-state index contributed by atoms with van der Waals surface area (Å²) >= 11 is 6.40. The summed E-state index contributed by atoms with van der Waals surface area (Å²) in [5, 5.41) is 0.234. The number of methoxy groups -OCH3 is 5. The van der Waals surface area contributed by atoms with Gasteiger partial charge in [-0.25, -0.2) is 0 Å². The molecular weight excluding hydrogens is 388 g/mol. The maximum Gasteiger partial charge on any atom is 0.239 e. The van der Waals surface area contributed by atoms with Gasteiger partial charge in [0.15, 0.2) is 28.6 Å². The Labute approximate surface area is 166 Å². The molecule has 0 N–H and O–H groups in total. The summed E-state index contributed by atoms with van der Waals surface area (Å²) in [6.45, 7) is 0. The van der Waals surface area contributed by atoms with E-state index in [1.165, 1.54) is 28.4 Å². The Morgan fingerprint density at radius 2 is 1.32 bits per heavy atom. The molecule has 0 saturated carbocycles. The van der Waals surface area contributed by atoms with Crippen LogP contribution in [0.1, 0.15) is 0 Å². The highest BCUT2D eigenvalue weighted by molar-refractivity contribution is 6.35. The molecule has 0 saturated heterocycles. The third-order valence-electron chi connectivity index (χ3n) is 4.28. The minimum Gasteiger partial charge on any atom is -0.497 e. The number of fused-ring (bicyclic) bond motifs is 1. The fourth-order valence-electron chi connectivity index (χ4n) is 2.98. The molecule has 1 heterocycles. The molecule has 0 aliphatic heterocycles. The standard InChI is InChI=1S/C20H19ClO7/c1-23-11-8-6-10(7-9-11)15-20(27-5)14(22)12-16(24-2)18(25-3)13(21)19(26-4)17(12)28-15/h6-9H,1-5H3. The molecule has 3 aromatic rings. The van der Waals surface area contributed by atoms with Crippen molar-refractivity contribution >= 4 is 22.6 Å². The van der Waals surface area contributed by atoms with Crippen molar-refractivity contribution in [2.24, 2.45) is 0 Å². The molecule has 0 radical (unpaired) electrons. The van der Waals surface area contributed by atoms with E-state index < -0.39 is 5.43 Å². The van der Waals surface area contributed by atoms with Gasteiger partial charge in [-0.05, 0) is 24.3 Å². The van der Waals surface area contributed by atoms with Crippen molar-refractivity contribution in [3.05, 3.63) is 39.5 Å². The van der Waals surface area contributed by atoms with Gasteiger partial charge in [0, 0.05) is 5.56 Å². The Hall–Kier alpha value is -3.06. The van der Waals surface area contributed by atoms with Crippen LogP contribution >= 0.6 is 11.6 Å². The van der Waals surface area contributed by atoms with Gasteiger partial charge in [-0.1, -0.05) is 11.6 Å². The summed E-state index contributed by atoms with van der Waals surface area (Å²) in [5.74, 6) is 1.37. The van der Waals surface area contributed by atoms with Crippen molar-refractivity contribution < 1.29 is 28.1 Å². The minimum atomic E-state index is -0.445. The molecule has 0 atom stereocenters. The van der Waals surface area contributed by atoms with Gasteiger partial charge in [0.05, 0.1) is 35.5 Å². The molecule has 0 unspecified atom stereocenters. The molecule has 0 spiro atoms. The van der Waals surface area contributed by atoms with Gasteiger partial charge in [0.2, 0.25) is 11.2 Å². The van der Waals surface area contributed by atoms with E-state index >= 15 is 0 Å². The number of ether oxygens (including phenoxy) is 5. The van der Waals surface area contributed by atoms with Crippen LogP contribution in [0.5, 0.6) is 28.7 Å². The van der Waals surface area contributed by atoms with Gasteiger partial charge in [0.25, 0.3) is 0 Å². The highest BCUT2D eigenvalue weighted by Crippen LogP contribution is 2.49. The van der Waals surface area contributed by atoms with Gasteiger partial charge in [-0.3, -0.25) is 4.79 Å². The van der Waals surface area contributed by atoms with Gasteiger partial charge < -0.3 is 28.1 Å². The molecule has 0 bridgehead atoms. The lowest BCUT2D eigenvalue weighted by molar-refractivity contribution is 0.350. The quantitative estimate of drug-likeness (QED) is 0.608. The first kappa shape index (κ1) is 19.7. The molecule has 7 nitrogen and oxygen atoms in total. The van der Waals surface area contributed by atoms with E-state index in [1.807, 2.05) is 0 Å². The number of hydrogen-bond acceptors (Lipinski definition) is 7. The number of hydrogen-bond donors (Lipinski definition) is 0. The first-order chi connectivity index (χ1) is 13.5. The lowest BCUT2D eigenvalue weighted by atomic mass is 10.1. The minimum absolute atomic E-state index is 0.0161. The molecule has 28 heavy (non-hydrogen) atoms. The normalized spacial score (nSPS) is 10.6. The Morgan fingerprint density at radius 3 is 1.82 bits per heavy atom. The van der Waals surface area contributed by atoms with Crippen molar-refractivity contribution in [2.75, 3.05) is 35.5 Å². The van der Waals surface area contributed by atoms with E-state index in [1.54, 1.807) is 31.4 Å². The van der Waals surface area contributed by atoms with Crippen molar-refractivity contribution in [3.8, 4) is 40.1 Å². The monoisotopic (exact) mass is 406 g/mol. The summed E-state index contributed by atoms with van der Waals surface area (Å²) in [7, 11) is 7.20. The predicted octanol–water partition coefficient (Wildman–Crippen LogP) is 4.16. The zero-order valence-corrected chi connectivity index (χ0v) is 16.8. The molecule has 2 aromatic carbocycles. The zero-order valence-electron chi connectivity index (χ0n) is 16.0. The average Bonchev–Trinajstić information content (AvgIpc) is 2.72. The van der Waals surface area contributed by atoms with E-state index in [0.29, 0.717) is 11.3 Å². The van der Waals surface area contributed by atoms with Crippen molar-refractivity contribution in [1.82, 2.24) is 0 Å². The van der Waals surface area contributed by atoms with Gasteiger partial charge in [-0.2, -0.15) is 0 Å². The van der Waals surface area contributed by atoms with Gasteiger partial charge in [0.1, 0.15) is 16.2 Å². The van der Waals surface area contributed by atoms with E-state index in [0.717, 1.165) is 0 Å². The molecule has 0 aliphatic carbocycles. The molecular formula is C20H19ClO7. The molecule has 8 heteroatoms. The average molecular weight is 407 g/mol. The Bertz CT molecular complexity index is 1070. The summed E-state index contributed by atoms with van der Waals surface area (Å²) < 4.78 is 32.7. The van der Waals surface area contributed by atoms with Crippen LogP contribution in [0.15, 0.2) is 33.5 Å². The predicted molar refractivity (Wildman–Crippen MR) is 106 cm³/mol. The van der Waals surface area contributed by atoms with Gasteiger partial charge >= 0.3 is 0 Å². The van der Waals surface area contributed by atoms with E-state index in [2.05, 4.69) is 0 Å². The molecule has 148 valence electrons. The Balaban J connectivity index is 2.47. The smallest absolute Gasteiger partial charge is 0.239 e. The largest absolute Gasteiger partial charge is 0.497 e. The summed E-state index contributed by atoms with van der Waals surface area (Å²) in [5.41, 5.74) is 0.297. The van der Waals surface area contributed by atoms with Crippen molar-refractivity contribution in [2.45, 2.75) is 0 Å². The van der Waals surface area contributed by atoms with Crippen LogP contribution in [-0.2, 0) is 0 Å². The van der Waals surface area contributed by atoms with E-state index in [-0.39, 0.29) is 44.8 Å². The molecule has 0 amide bonds. The van der Waals surface area contributed by atoms with Crippen LogP contribution < -0.4 is 29.1 Å². The lowest BCUT2D eigenvalue weighted by Crippen LogP contribution is -2.10. The highest BCUT2D eigenvalue weighted by atomic mass is 35.5. The van der Waals surface area contributed by atoms with Crippen LogP contribution in [-0.4, -0.2) is 35.5 Å². The second kappa shape index (κ2) is 7.90. The molecule has 3 rings (SSSR count). The maximum atomic E-state index is 13.3. The number of benzene rings is 2. The summed E-state index contributed by atoms with van der Waals surface area (Å²) in [6, 6.07) is 7.00. The van der Waals surface area contributed by atoms with Crippen molar-refractivity contribution in [3.63, 3.8) is 0 Å². The lowest BCUT2D eigenvalue weighted by Gasteiger charge is -2.17. The maximum absolute atomic E-state index is 13.3. The third-order valence-corrected chi connectivity index (χ3v) is 4.62. The van der Waals surface area contributed by atoms with Crippen LogP contribution in [0.4, 0.5) is 0 Å². The second-order valence-corrected chi connectivity index (χ2v) is 6.02. The highest BCUT2D eigenvalue weighted by Gasteiger charge is 2.28. The van der Waals surface area contributed by atoms with Crippen LogP contribution in [0.3, 0.4) is 0 Å². The topological polar surface area (TPSA) is 76.4 Å². The zero-order chi connectivity index (χ0) is 20.4. The summed E-state index contributed by atoms with van der Waals surface area (Å²) in [4.78, 5) is 13.3. The number of halogens is 1.